The van der Waals surface area contributed by atoms with Gasteiger partial charge < -0.3 is 9.38 Å². The van der Waals surface area contributed by atoms with E-state index in [1.54, 1.807) is 0 Å². The van der Waals surface area contributed by atoms with Crippen molar-refractivity contribution in [3.05, 3.63) is 47.5 Å². The second-order valence-corrected chi connectivity index (χ2v) is 11.4. The first-order chi connectivity index (χ1) is 16.6. The zero-order valence-corrected chi connectivity index (χ0v) is 23.4. The van der Waals surface area contributed by atoms with Crippen LogP contribution in [-0.2, 0) is 0 Å². The first-order valence-corrected chi connectivity index (χ1v) is 15.0. The molecule has 0 aliphatic carbocycles. The lowest BCUT2D eigenvalue weighted by Crippen LogP contribution is -2.48. The molecule has 188 valence electrons. The molecule has 2 aromatic rings. The SMILES string of the molecule is CC[N+](CC)(CC)CCCCCCCCCCCCN1c2ccccc2Sc2cc(Cl)ccc21. The minimum absolute atomic E-state index is 0.820. The van der Waals surface area contributed by atoms with Crippen LogP contribution in [0.4, 0.5) is 11.4 Å². The molecule has 0 fully saturated rings. The van der Waals surface area contributed by atoms with Crippen molar-refractivity contribution in [2.24, 2.45) is 0 Å². The summed E-state index contributed by atoms with van der Waals surface area (Å²) in [6.45, 7) is 13.4. The number of hydrogen-bond donors (Lipinski definition) is 0. The normalized spacial score (nSPS) is 13.1. The van der Waals surface area contributed by atoms with Crippen molar-refractivity contribution in [1.82, 2.24) is 0 Å². The Hall–Kier alpha value is -1.16. The van der Waals surface area contributed by atoms with Crippen molar-refractivity contribution in [3.8, 4) is 0 Å². The summed E-state index contributed by atoms with van der Waals surface area (Å²) in [7, 11) is 0. The Balaban J connectivity index is 1.29. The topological polar surface area (TPSA) is 3.24 Å². The molecule has 0 radical (unpaired) electrons. The molecule has 0 bridgehead atoms. The second-order valence-electron chi connectivity index (χ2n) is 9.88. The zero-order valence-electron chi connectivity index (χ0n) is 21.8. The Morgan fingerprint density at radius 2 is 1.24 bits per heavy atom. The fourth-order valence-corrected chi connectivity index (χ4v) is 6.70. The highest BCUT2D eigenvalue weighted by atomic mass is 35.5. The Labute approximate surface area is 218 Å². The van der Waals surface area contributed by atoms with Gasteiger partial charge in [0.2, 0.25) is 0 Å². The Bertz CT molecular complexity index is 856. The average Bonchev–Trinajstić information content (AvgIpc) is 2.86. The molecule has 0 amide bonds. The molecule has 4 heteroatoms. The molecule has 0 spiro atoms. The van der Waals surface area contributed by atoms with Gasteiger partial charge in [-0.15, -0.1) is 0 Å². The molecule has 1 aliphatic rings. The minimum Gasteiger partial charge on any atom is -0.340 e. The van der Waals surface area contributed by atoms with E-state index in [1.165, 1.54) is 116 Å². The van der Waals surface area contributed by atoms with Crippen LogP contribution in [0.25, 0.3) is 0 Å². The van der Waals surface area contributed by atoms with Gasteiger partial charge in [0.15, 0.2) is 0 Å². The van der Waals surface area contributed by atoms with Gasteiger partial charge in [-0.2, -0.15) is 0 Å². The Kier molecular flexibility index (Phi) is 11.6. The molecule has 2 nitrogen and oxygen atoms in total. The van der Waals surface area contributed by atoms with Gasteiger partial charge in [0.1, 0.15) is 0 Å². The maximum atomic E-state index is 6.28. The third-order valence-electron chi connectivity index (χ3n) is 7.87. The highest BCUT2D eigenvalue weighted by Crippen LogP contribution is 2.48. The first-order valence-electron chi connectivity index (χ1n) is 13.8. The van der Waals surface area contributed by atoms with Crippen LogP contribution >= 0.6 is 23.4 Å². The minimum atomic E-state index is 0.820. The number of quaternary nitrogens is 1. The summed E-state index contributed by atoms with van der Waals surface area (Å²) in [5, 5.41) is 0.820. The molecular weight excluding hydrogens is 456 g/mol. The van der Waals surface area contributed by atoms with Crippen LogP contribution in [0.5, 0.6) is 0 Å². The second kappa shape index (κ2) is 14.4. The highest BCUT2D eigenvalue weighted by Gasteiger charge is 2.23. The van der Waals surface area contributed by atoms with E-state index < -0.39 is 0 Å². The fraction of sp³-hybridized carbons (Fsp3) is 0.600. The maximum Gasteiger partial charge on any atom is 0.0786 e. The molecule has 0 saturated carbocycles. The maximum absolute atomic E-state index is 6.28. The summed E-state index contributed by atoms with van der Waals surface area (Å²) in [6.07, 6.45) is 13.8. The molecule has 0 N–H and O–H groups in total. The van der Waals surface area contributed by atoms with Crippen molar-refractivity contribution >= 4 is 34.7 Å². The highest BCUT2D eigenvalue weighted by molar-refractivity contribution is 7.99. The number of nitrogens with zero attached hydrogens (tertiary/aromatic N) is 2. The van der Waals surface area contributed by atoms with E-state index in [4.69, 9.17) is 11.6 Å². The number of halogens is 1. The molecule has 1 heterocycles. The molecular formula is C30H46ClN2S+. The number of para-hydroxylation sites is 1. The van der Waals surface area contributed by atoms with Crippen molar-refractivity contribution in [1.29, 1.82) is 0 Å². The van der Waals surface area contributed by atoms with E-state index in [9.17, 15) is 0 Å². The van der Waals surface area contributed by atoms with Crippen LogP contribution < -0.4 is 4.90 Å². The van der Waals surface area contributed by atoms with Gasteiger partial charge in [0.25, 0.3) is 0 Å². The standard InChI is InChI=1S/C30H46ClN2S/c1-4-33(5-2,6-3)24-18-14-12-10-8-7-9-11-13-17-23-32-27-19-15-16-20-29(27)34-30-25-26(31)21-22-28(30)32/h15-16,19-22,25H,4-14,17-18,23-24H2,1-3H3/q+1. The van der Waals surface area contributed by atoms with Crippen LogP contribution in [0.1, 0.15) is 85.0 Å². The van der Waals surface area contributed by atoms with E-state index in [0.29, 0.717) is 0 Å². The van der Waals surface area contributed by atoms with Crippen molar-refractivity contribution < 1.29 is 4.48 Å². The van der Waals surface area contributed by atoms with Gasteiger partial charge in [-0.05, 0) is 70.4 Å². The van der Waals surface area contributed by atoms with E-state index in [1.807, 2.05) is 17.8 Å². The Morgan fingerprint density at radius 3 is 1.88 bits per heavy atom. The van der Waals surface area contributed by atoms with Crippen LogP contribution in [-0.4, -0.2) is 37.2 Å². The van der Waals surface area contributed by atoms with Crippen LogP contribution in [0.15, 0.2) is 52.3 Å². The van der Waals surface area contributed by atoms with E-state index in [-0.39, 0.29) is 0 Å². The van der Waals surface area contributed by atoms with Gasteiger partial charge in [0.05, 0.1) is 37.6 Å². The molecule has 2 aromatic carbocycles. The third-order valence-corrected chi connectivity index (χ3v) is 9.21. The summed E-state index contributed by atoms with van der Waals surface area (Å²) in [6, 6.07) is 15.1. The predicted molar refractivity (Wildman–Crippen MR) is 152 cm³/mol. The number of fused-ring (bicyclic) bond motifs is 2. The number of hydrogen-bond acceptors (Lipinski definition) is 2. The van der Waals surface area contributed by atoms with Gasteiger partial charge in [-0.1, -0.05) is 80.4 Å². The number of anilines is 2. The molecule has 0 atom stereocenters. The lowest BCUT2D eigenvalue weighted by atomic mass is 10.1. The summed E-state index contributed by atoms with van der Waals surface area (Å²) in [5.41, 5.74) is 2.65. The van der Waals surface area contributed by atoms with Gasteiger partial charge in [0, 0.05) is 21.4 Å². The van der Waals surface area contributed by atoms with E-state index in [0.717, 1.165) is 11.6 Å². The molecule has 3 rings (SSSR count). The number of unbranched alkanes of at least 4 members (excludes halogenated alkanes) is 9. The van der Waals surface area contributed by atoms with Gasteiger partial charge >= 0.3 is 0 Å². The summed E-state index contributed by atoms with van der Waals surface area (Å²) < 4.78 is 1.31. The molecule has 0 unspecified atom stereocenters. The predicted octanol–water partition coefficient (Wildman–Crippen LogP) is 9.72. The quantitative estimate of drug-likeness (QED) is 0.166. The van der Waals surface area contributed by atoms with Crippen molar-refractivity contribution in [2.75, 3.05) is 37.6 Å². The Morgan fingerprint density at radius 1 is 0.676 bits per heavy atom. The number of rotatable bonds is 16. The smallest absolute Gasteiger partial charge is 0.0786 e. The first kappa shape index (κ1) is 27.4. The lowest BCUT2D eigenvalue weighted by Gasteiger charge is -2.35. The number of benzene rings is 2. The summed E-state index contributed by atoms with van der Waals surface area (Å²) >= 11 is 8.11. The van der Waals surface area contributed by atoms with Gasteiger partial charge in [-0.25, -0.2) is 0 Å². The van der Waals surface area contributed by atoms with Crippen LogP contribution in [0.2, 0.25) is 5.02 Å². The zero-order chi connectivity index (χ0) is 24.2. The molecule has 34 heavy (non-hydrogen) atoms. The van der Waals surface area contributed by atoms with Crippen LogP contribution in [0.3, 0.4) is 0 Å². The van der Waals surface area contributed by atoms with E-state index >= 15 is 0 Å². The fourth-order valence-electron chi connectivity index (χ4n) is 5.32. The largest absolute Gasteiger partial charge is 0.340 e. The monoisotopic (exact) mass is 501 g/mol. The van der Waals surface area contributed by atoms with Crippen LogP contribution in [0, 0.1) is 0 Å². The summed E-state index contributed by atoms with van der Waals surface area (Å²) in [4.78, 5) is 5.11. The van der Waals surface area contributed by atoms with Gasteiger partial charge in [-0.3, -0.25) is 0 Å². The average molecular weight is 502 g/mol. The molecule has 0 aromatic heterocycles. The van der Waals surface area contributed by atoms with E-state index in [2.05, 4.69) is 62.1 Å². The molecule has 1 aliphatic heterocycles. The lowest BCUT2D eigenvalue weighted by molar-refractivity contribution is -0.923. The third kappa shape index (κ3) is 7.67. The molecule has 0 saturated heterocycles. The van der Waals surface area contributed by atoms with Crippen molar-refractivity contribution in [2.45, 2.75) is 94.8 Å². The summed E-state index contributed by atoms with van der Waals surface area (Å²) in [5.74, 6) is 0. The van der Waals surface area contributed by atoms with Crippen molar-refractivity contribution in [3.63, 3.8) is 0 Å².